The third-order valence-corrected chi connectivity index (χ3v) is 8.24. The number of allylic oxidation sites excluding steroid dienone is 3. The summed E-state index contributed by atoms with van der Waals surface area (Å²) >= 11 is 3.63. The van der Waals surface area contributed by atoms with E-state index >= 15 is 0 Å². The molecule has 10 heteroatoms. The average Bonchev–Trinajstić information content (AvgIpc) is 3.66. The van der Waals surface area contributed by atoms with Gasteiger partial charge in [0.05, 0.1) is 23.1 Å². The van der Waals surface area contributed by atoms with E-state index in [4.69, 9.17) is 10.4 Å². The number of nitrogens with one attached hydrogen (secondary N) is 3. The van der Waals surface area contributed by atoms with Gasteiger partial charge in [0.2, 0.25) is 5.91 Å². The third kappa shape index (κ3) is 3.91. The van der Waals surface area contributed by atoms with Gasteiger partial charge < -0.3 is 15.6 Å². The van der Waals surface area contributed by atoms with Crippen molar-refractivity contribution >= 4 is 55.7 Å². The highest BCUT2D eigenvalue weighted by molar-refractivity contribution is 9.11. The summed E-state index contributed by atoms with van der Waals surface area (Å²) in [6.45, 7) is 4.12. The van der Waals surface area contributed by atoms with E-state index in [1.807, 2.05) is 36.4 Å². The lowest BCUT2D eigenvalue weighted by Crippen LogP contribution is -2.47. The standard InChI is InChI=1S/C27H25BrN8O/c28-20-12-18(17-2-1-3-21-19(17)14-31-34-21)24(29)23-25(20)32-26(33-27(23)37)15-4-7-22(30-13-15)36-10-8-35(9-11-36)16-5-6-16/h1-4,7,12-14,16,23,29H,5-6,8-11H2,(H,31,34)(H,32,33,37). The first-order chi connectivity index (χ1) is 18.1. The van der Waals surface area contributed by atoms with E-state index in [-0.39, 0.29) is 11.6 Å². The van der Waals surface area contributed by atoms with E-state index < -0.39 is 5.92 Å². The van der Waals surface area contributed by atoms with Gasteiger partial charge in [-0.1, -0.05) is 12.1 Å². The molecule has 1 saturated heterocycles. The Morgan fingerprint density at radius 2 is 1.89 bits per heavy atom. The molecule has 1 aromatic carbocycles. The molecular formula is C27H25BrN8O. The van der Waals surface area contributed by atoms with Crippen LogP contribution in [0.25, 0.3) is 16.5 Å². The lowest BCUT2D eigenvalue weighted by atomic mass is 9.83. The molecule has 4 heterocycles. The average molecular weight is 557 g/mol. The van der Waals surface area contributed by atoms with Crippen molar-refractivity contribution in [1.29, 1.82) is 5.41 Å². The van der Waals surface area contributed by atoms with Gasteiger partial charge in [0.15, 0.2) is 0 Å². The molecule has 0 bridgehead atoms. The van der Waals surface area contributed by atoms with E-state index in [2.05, 4.69) is 46.2 Å². The molecule has 0 spiro atoms. The number of hydrogen-bond donors (Lipinski definition) is 3. The van der Waals surface area contributed by atoms with Gasteiger partial charge in [-0.25, -0.2) is 9.98 Å². The van der Waals surface area contributed by atoms with Crippen LogP contribution in [0.5, 0.6) is 0 Å². The van der Waals surface area contributed by atoms with E-state index in [9.17, 15) is 4.79 Å². The summed E-state index contributed by atoms with van der Waals surface area (Å²) in [5.74, 6) is 0.329. The number of aromatic nitrogens is 3. The molecule has 2 aliphatic heterocycles. The maximum Gasteiger partial charge on any atom is 0.240 e. The number of amidine groups is 1. The van der Waals surface area contributed by atoms with Crippen LogP contribution >= 0.6 is 15.9 Å². The number of benzene rings is 1. The Bertz CT molecular complexity index is 1520. The molecule has 1 atom stereocenters. The van der Waals surface area contributed by atoms with Gasteiger partial charge in [0.25, 0.3) is 0 Å². The van der Waals surface area contributed by atoms with Crippen molar-refractivity contribution in [3.8, 4) is 0 Å². The monoisotopic (exact) mass is 556 g/mol. The van der Waals surface area contributed by atoms with Gasteiger partial charge in [0.1, 0.15) is 17.6 Å². The van der Waals surface area contributed by atoms with Crippen LogP contribution in [0.4, 0.5) is 5.82 Å². The van der Waals surface area contributed by atoms with E-state index in [1.54, 1.807) is 12.4 Å². The van der Waals surface area contributed by atoms with Crippen molar-refractivity contribution in [1.82, 2.24) is 25.4 Å². The molecule has 4 aliphatic rings. The maximum absolute atomic E-state index is 13.3. The molecule has 1 amide bonds. The molecule has 3 aromatic rings. The van der Waals surface area contributed by atoms with Crippen LogP contribution in [0.15, 0.2) is 64.0 Å². The Morgan fingerprint density at radius 3 is 2.65 bits per heavy atom. The van der Waals surface area contributed by atoms with Gasteiger partial charge in [-0.2, -0.15) is 5.10 Å². The minimum Gasteiger partial charge on any atom is -0.354 e. The second-order valence-electron chi connectivity index (χ2n) is 9.88. The molecule has 1 unspecified atom stereocenters. The number of anilines is 1. The van der Waals surface area contributed by atoms with Gasteiger partial charge in [-0.15, -0.1) is 0 Å². The number of amides is 1. The minimum atomic E-state index is -0.796. The van der Waals surface area contributed by atoms with Crippen molar-refractivity contribution in [3.05, 3.63) is 70.1 Å². The minimum absolute atomic E-state index is 0.214. The van der Waals surface area contributed by atoms with Crippen LogP contribution in [0.3, 0.4) is 0 Å². The first-order valence-electron chi connectivity index (χ1n) is 12.5. The first-order valence-corrected chi connectivity index (χ1v) is 13.3. The van der Waals surface area contributed by atoms with Crippen LogP contribution < -0.4 is 10.2 Å². The Hall–Kier alpha value is -3.63. The number of nitrogens with zero attached hydrogens (tertiary/aromatic N) is 5. The summed E-state index contributed by atoms with van der Waals surface area (Å²) in [7, 11) is 0. The quantitative estimate of drug-likeness (QED) is 0.455. The highest BCUT2D eigenvalue weighted by atomic mass is 79.9. The molecular weight excluding hydrogens is 532 g/mol. The Labute approximate surface area is 222 Å². The zero-order valence-corrected chi connectivity index (χ0v) is 21.6. The number of rotatable bonds is 4. The number of carbonyl (C=O) groups is 1. The maximum atomic E-state index is 13.3. The van der Waals surface area contributed by atoms with Crippen molar-refractivity contribution in [2.45, 2.75) is 18.9 Å². The number of carbonyl (C=O) groups excluding carboxylic acids is 1. The number of halogens is 1. The molecule has 3 N–H and O–H groups in total. The highest BCUT2D eigenvalue weighted by Gasteiger charge is 2.39. The first kappa shape index (κ1) is 22.6. The van der Waals surface area contributed by atoms with Crippen LogP contribution in [0.2, 0.25) is 0 Å². The smallest absolute Gasteiger partial charge is 0.240 e. The van der Waals surface area contributed by atoms with Gasteiger partial charge in [-0.3, -0.25) is 14.8 Å². The molecule has 2 aliphatic carbocycles. The van der Waals surface area contributed by atoms with Crippen LogP contribution in [0.1, 0.15) is 24.0 Å². The van der Waals surface area contributed by atoms with Crippen molar-refractivity contribution in [2.24, 2.45) is 10.9 Å². The molecule has 0 radical (unpaired) electrons. The molecule has 7 rings (SSSR count). The van der Waals surface area contributed by atoms with Crippen LogP contribution in [0, 0.1) is 11.3 Å². The molecule has 37 heavy (non-hydrogen) atoms. The molecule has 1 saturated carbocycles. The summed E-state index contributed by atoms with van der Waals surface area (Å²) < 4.78 is 0.689. The van der Waals surface area contributed by atoms with Gasteiger partial charge >= 0.3 is 0 Å². The largest absolute Gasteiger partial charge is 0.354 e. The Kier molecular flexibility index (Phi) is 5.33. The van der Waals surface area contributed by atoms with Gasteiger partial charge in [0, 0.05) is 59.4 Å². The fourth-order valence-electron chi connectivity index (χ4n) is 5.45. The van der Waals surface area contributed by atoms with E-state index in [0.29, 0.717) is 21.6 Å². The second-order valence-corrected chi connectivity index (χ2v) is 10.7. The molecule has 186 valence electrons. The topological polar surface area (TPSA) is 113 Å². The normalized spacial score (nSPS) is 22.6. The van der Waals surface area contributed by atoms with Crippen molar-refractivity contribution in [3.63, 3.8) is 0 Å². The lowest BCUT2D eigenvalue weighted by Gasteiger charge is -2.35. The summed E-state index contributed by atoms with van der Waals surface area (Å²) in [6, 6.07) is 10.6. The van der Waals surface area contributed by atoms with Gasteiger partial charge in [-0.05, 0) is 58.6 Å². The predicted octanol–water partition coefficient (Wildman–Crippen LogP) is 3.46. The Balaban J connectivity index is 1.17. The number of pyridine rings is 1. The van der Waals surface area contributed by atoms with Crippen molar-refractivity contribution < 1.29 is 4.79 Å². The fourth-order valence-corrected chi connectivity index (χ4v) is 6.00. The van der Waals surface area contributed by atoms with E-state index in [1.165, 1.54) is 12.8 Å². The molecule has 9 nitrogen and oxygen atoms in total. The number of aliphatic imine (C=N–C) groups is 1. The number of H-pyrrole nitrogens is 1. The second kappa shape index (κ2) is 8.74. The third-order valence-electron chi connectivity index (χ3n) is 7.60. The number of aromatic amines is 1. The summed E-state index contributed by atoms with van der Waals surface area (Å²) in [6.07, 6.45) is 8.06. The van der Waals surface area contributed by atoms with Crippen molar-refractivity contribution in [2.75, 3.05) is 31.1 Å². The zero-order chi connectivity index (χ0) is 25.1. The fraction of sp³-hybridized carbons (Fsp3) is 0.296. The molecule has 2 aromatic heterocycles. The zero-order valence-electron chi connectivity index (χ0n) is 20.0. The summed E-state index contributed by atoms with van der Waals surface area (Å²) in [5, 5.41) is 19.8. The summed E-state index contributed by atoms with van der Waals surface area (Å²) in [5.41, 5.74) is 3.90. The van der Waals surface area contributed by atoms with Crippen LogP contribution in [-0.4, -0.2) is 69.8 Å². The lowest BCUT2D eigenvalue weighted by molar-refractivity contribution is -0.121. The molecule has 2 fully saturated rings. The number of fused-ring (bicyclic) bond motifs is 2. The summed E-state index contributed by atoms with van der Waals surface area (Å²) in [4.78, 5) is 27.6. The van der Waals surface area contributed by atoms with E-state index in [0.717, 1.165) is 60.1 Å². The number of hydrogen-bond acceptors (Lipinski definition) is 7. The number of piperazine rings is 1. The SMILES string of the molecule is N=C1C(c2cccc3[nH]ncc23)=CC(Br)=C2N=C(c3ccc(N4CCN(C5CC5)CC4)nc3)NC(=O)C12. The highest BCUT2D eigenvalue weighted by Crippen LogP contribution is 2.39. The Morgan fingerprint density at radius 1 is 1.05 bits per heavy atom. The predicted molar refractivity (Wildman–Crippen MR) is 147 cm³/mol. The van der Waals surface area contributed by atoms with Crippen LogP contribution in [-0.2, 0) is 4.79 Å².